The van der Waals surface area contributed by atoms with Gasteiger partial charge in [0.25, 0.3) is 0 Å². The number of hydrogen-bond acceptors (Lipinski definition) is 2. The summed E-state index contributed by atoms with van der Waals surface area (Å²) < 4.78 is 4.33. The molecule has 2 aromatic heterocycles. The fourth-order valence-electron chi connectivity index (χ4n) is 3.96. The molecule has 1 amide bonds. The Morgan fingerprint density at radius 2 is 1.79 bits per heavy atom. The zero-order valence-electron chi connectivity index (χ0n) is 16.6. The molecule has 28 heavy (non-hydrogen) atoms. The summed E-state index contributed by atoms with van der Waals surface area (Å²) in [5.41, 5.74) is 4.36. The van der Waals surface area contributed by atoms with Crippen LogP contribution in [-0.4, -0.2) is 26.6 Å². The first-order valence-electron chi connectivity index (χ1n) is 9.80. The maximum atomic E-state index is 12.5. The highest BCUT2D eigenvalue weighted by atomic mass is 16.1. The lowest BCUT2D eigenvalue weighted by molar-refractivity contribution is -0.120. The van der Waals surface area contributed by atoms with Crippen LogP contribution in [-0.2, 0) is 24.7 Å². The first-order chi connectivity index (χ1) is 13.5. The molecule has 0 aliphatic rings. The predicted molar refractivity (Wildman–Crippen MR) is 113 cm³/mol. The highest BCUT2D eigenvalue weighted by Crippen LogP contribution is 2.22. The highest BCUT2D eigenvalue weighted by molar-refractivity contribution is 5.89. The number of benzene rings is 2. The summed E-state index contributed by atoms with van der Waals surface area (Å²) in [6, 6.07) is 16.7. The normalized spacial score (nSPS) is 11.6. The number of nitrogens with zero attached hydrogens (tertiary/aromatic N) is 3. The summed E-state index contributed by atoms with van der Waals surface area (Å²) in [6.07, 6.45) is 3.15. The number of hydrogen-bond donors (Lipinski definition) is 1. The number of rotatable bonds is 6. The van der Waals surface area contributed by atoms with E-state index in [2.05, 4.69) is 46.5 Å². The molecule has 0 radical (unpaired) electrons. The van der Waals surface area contributed by atoms with Crippen molar-refractivity contribution in [1.82, 2.24) is 19.4 Å². The van der Waals surface area contributed by atoms with Crippen molar-refractivity contribution >= 4 is 27.8 Å². The van der Waals surface area contributed by atoms with Crippen LogP contribution >= 0.6 is 0 Å². The van der Waals surface area contributed by atoms with Gasteiger partial charge < -0.3 is 14.5 Å². The molecular formula is C23H26N4O. The van der Waals surface area contributed by atoms with Gasteiger partial charge in [-0.05, 0) is 37.6 Å². The number of imidazole rings is 1. The Bertz CT molecular complexity index is 1140. The molecule has 4 aromatic rings. The molecule has 0 spiro atoms. The van der Waals surface area contributed by atoms with Crippen molar-refractivity contribution in [3.8, 4) is 0 Å². The molecule has 0 saturated heterocycles. The van der Waals surface area contributed by atoms with Gasteiger partial charge in [-0.2, -0.15) is 0 Å². The van der Waals surface area contributed by atoms with Crippen LogP contribution in [0, 0.1) is 0 Å². The van der Waals surface area contributed by atoms with Gasteiger partial charge in [0, 0.05) is 43.2 Å². The molecule has 144 valence electrons. The fourth-order valence-corrected chi connectivity index (χ4v) is 3.96. The number of amides is 1. The summed E-state index contributed by atoms with van der Waals surface area (Å²) in [6.45, 7) is 4.91. The number of aromatic nitrogens is 3. The van der Waals surface area contributed by atoms with Crippen LogP contribution in [0.2, 0.25) is 0 Å². The first kappa shape index (κ1) is 18.3. The Balaban J connectivity index is 1.43. The standard InChI is InChI=1S/C23H26N4O/c1-16(2)27-21-11-7-5-9-19(21)25-22(27)12-13-24-23(28)14-17-15-26(3)20-10-6-4-8-18(17)20/h4-11,15-16H,12-14H2,1-3H3,(H,24,28). The van der Waals surface area contributed by atoms with Gasteiger partial charge in [0.15, 0.2) is 0 Å². The van der Waals surface area contributed by atoms with Crippen molar-refractivity contribution in [3.63, 3.8) is 0 Å². The molecule has 0 unspecified atom stereocenters. The van der Waals surface area contributed by atoms with Gasteiger partial charge in [-0.1, -0.05) is 30.3 Å². The Labute approximate surface area is 165 Å². The Morgan fingerprint density at radius 3 is 2.57 bits per heavy atom. The van der Waals surface area contributed by atoms with Crippen LogP contribution in [0.5, 0.6) is 0 Å². The number of fused-ring (bicyclic) bond motifs is 2. The van der Waals surface area contributed by atoms with E-state index in [-0.39, 0.29) is 5.91 Å². The van der Waals surface area contributed by atoms with E-state index in [1.54, 1.807) is 0 Å². The number of carbonyl (C=O) groups is 1. The molecule has 2 aromatic carbocycles. The van der Waals surface area contributed by atoms with Gasteiger partial charge in [-0.25, -0.2) is 4.98 Å². The minimum absolute atomic E-state index is 0.0450. The van der Waals surface area contributed by atoms with Gasteiger partial charge in [0.05, 0.1) is 17.5 Å². The number of para-hydroxylation sites is 3. The zero-order valence-corrected chi connectivity index (χ0v) is 16.6. The maximum Gasteiger partial charge on any atom is 0.224 e. The van der Waals surface area contributed by atoms with E-state index in [0.717, 1.165) is 33.3 Å². The summed E-state index contributed by atoms with van der Waals surface area (Å²) in [5, 5.41) is 4.20. The third-order valence-corrected chi connectivity index (χ3v) is 5.19. The summed E-state index contributed by atoms with van der Waals surface area (Å²) in [4.78, 5) is 17.3. The summed E-state index contributed by atoms with van der Waals surface area (Å²) in [7, 11) is 2.01. The molecule has 5 heteroatoms. The molecule has 0 atom stereocenters. The first-order valence-corrected chi connectivity index (χ1v) is 9.80. The quantitative estimate of drug-likeness (QED) is 0.554. The summed E-state index contributed by atoms with van der Waals surface area (Å²) >= 11 is 0. The monoisotopic (exact) mass is 374 g/mol. The molecule has 0 fully saturated rings. The molecular weight excluding hydrogens is 348 g/mol. The van der Waals surface area contributed by atoms with Crippen molar-refractivity contribution in [1.29, 1.82) is 0 Å². The topological polar surface area (TPSA) is 51.9 Å². The van der Waals surface area contributed by atoms with Crippen LogP contribution < -0.4 is 5.32 Å². The van der Waals surface area contributed by atoms with E-state index in [1.807, 2.05) is 43.6 Å². The molecule has 5 nitrogen and oxygen atoms in total. The maximum absolute atomic E-state index is 12.5. The lowest BCUT2D eigenvalue weighted by Crippen LogP contribution is -2.28. The molecule has 0 saturated carbocycles. The van der Waals surface area contributed by atoms with E-state index in [1.165, 1.54) is 0 Å². The molecule has 4 rings (SSSR count). The van der Waals surface area contributed by atoms with Crippen molar-refractivity contribution in [2.75, 3.05) is 6.54 Å². The SMILES string of the molecule is CC(C)n1c(CCNC(=O)Cc2cn(C)c3ccccc23)nc2ccccc21. The molecule has 0 aliphatic heterocycles. The smallest absolute Gasteiger partial charge is 0.224 e. The zero-order chi connectivity index (χ0) is 19.7. The van der Waals surface area contributed by atoms with Crippen molar-refractivity contribution in [2.24, 2.45) is 7.05 Å². The molecule has 2 heterocycles. The van der Waals surface area contributed by atoms with Crippen molar-refractivity contribution in [3.05, 3.63) is 66.1 Å². The van der Waals surface area contributed by atoms with Crippen LogP contribution in [0.1, 0.15) is 31.3 Å². The average Bonchev–Trinajstić information content (AvgIpc) is 3.20. The van der Waals surface area contributed by atoms with Gasteiger partial charge in [-0.3, -0.25) is 4.79 Å². The van der Waals surface area contributed by atoms with Gasteiger partial charge >= 0.3 is 0 Å². The van der Waals surface area contributed by atoms with Crippen LogP contribution in [0.25, 0.3) is 21.9 Å². The van der Waals surface area contributed by atoms with Gasteiger partial charge in [0.1, 0.15) is 5.82 Å². The molecule has 1 N–H and O–H groups in total. The summed E-state index contributed by atoms with van der Waals surface area (Å²) in [5.74, 6) is 1.06. The second-order valence-electron chi connectivity index (χ2n) is 7.54. The predicted octanol–water partition coefficient (Wildman–Crippen LogP) is 4.01. The van der Waals surface area contributed by atoms with Crippen LogP contribution in [0.3, 0.4) is 0 Å². The third-order valence-electron chi connectivity index (χ3n) is 5.19. The Morgan fingerprint density at radius 1 is 1.07 bits per heavy atom. The largest absolute Gasteiger partial charge is 0.355 e. The van der Waals surface area contributed by atoms with Crippen LogP contribution in [0.4, 0.5) is 0 Å². The van der Waals surface area contributed by atoms with Crippen LogP contribution in [0.15, 0.2) is 54.7 Å². The average molecular weight is 374 g/mol. The molecule has 0 bridgehead atoms. The molecule has 0 aliphatic carbocycles. The second kappa shape index (κ2) is 7.50. The number of aryl methyl sites for hydroxylation is 1. The fraction of sp³-hybridized carbons (Fsp3) is 0.304. The van der Waals surface area contributed by atoms with E-state index in [9.17, 15) is 4.79 Å². The number of nitrogens with one attached hydrogen (secondary N) is 1. The Hall–Kier alpha value is -3.08. The van der Waals surface area contributed by atoms with Crippen molar-refractivity contribution < 1.29 is 4.79 Å². The third kappa shape index (κ3) is 3.40. The lowest BCUT2D eigenvalue weighted by Gasteiger charge is -2.13. The lowest BCUT2D eigenvalue weighted by atomic mass is 10.1. The van der Waals surface area contributed by atoms with Gasteiger partial charge in [-0.15, -0.1) is 0 Å². The van der Waals surface area contributed by atoms with Gasteiger partial charge in [0.2, 0.25) is 5.91 Å². The minimum Gasteiger partial charge on any atom is -0.355 e. The van der Waals surface area contributed by atoms with E-state index in [4.69, 9.17) is 4.98 Å². The highest BCUT2D eigenvalue weighted by Gasteiger charge is 2.14. The number of carbonyl (C=O) groups excluding carboxylic acids is 1. The van der Waals surface area contributed by atoms with E-state index < -0.39 is 0 Å². The minimum atomic E-state index is 0.0450. The second-order valence-corrected chi connectivity index (χ2v) is 7.54. The van der Waals surface area contributed by atoms with E-state index >= 15 is 0 Å². The van der Waals surface area contributed by atoms with E-state index in [0.29, 0.717) is 25.4 Å². The Kier molecular flexibility index (Phi) is 4.90. The van der Waals surface area contributed by atoms with Crippen molar-refractivity contribution in [2.45, 2.75) is 32.7 Å².